The van der Waals surface area contributed by atoms with Gasteiger partial charge in [0.15, 0.2) is 0 Å². The Morgan fingerprint density at radius 3 is 2.36 bits per heavy atom. The molecule has 0 unspecified atom stereocenters. The van der Waals surface area contributed by atoms with E-state index >= 15 is 0 Å². The third kappa shape index (κ3) is 5.12. The second kappa shape index (κ2) is 8.57. The minimum absolute atomic E-state index is 0.0200. The molecule has 3 rings (SSSR count). The van der Waals surface area contributed by atoms with Crippen LogP contribution in [-0.2, 0) is 11.2 Å². The van der Waals surface area contributed by atoms with Crippen LogP contribution in [0.25, 0.3) is 0 Å². The van der Waals surface area contributed by atoms with Crippen LogP contribution in [0.15, 0.2) is 59.5 Å². The van der Waals surface area contributed by atoms with E-state index in [2.05, 4.69) is 66.4 Å². The maximum atomic E-state index is 12.7. The predicted molar refractivity (Wildman–Crippen MR) is 106 cm³/mol. The van der Waals surface area contributed by atoms with Crippen molar-refractivity contribution < 1.29 is 4.79 Å². The van der Waals surface area contributed by atoms with Gasteiger partial charge in [0.25, 0.3) is 0 Å². The van der Waals surface area contributed by atoms with E-state index in [1.807, 2.05) is 6.92 Å². The van der Waals surface area contributed by atoms with Crippen LogP contribution in [0, 0.1) is 12.8 Å². The van der Waals surface area contributed by atoms with Crippen LogP contribution in [0.5, 0.6) is 0 Å². The van der Waals surface area contributed by atoms with E-state index in [0.29, 0.717) is 5.92 Å². The van der Waals surface area contributed by atoms with Crippen molar-refractivity contribution in [2.24, 2.45) is 5.92 Å². The SMILES string of the molecule is Cc1ccc(S[C@H](C)C(=O)N2CCC(Cc3ccccc3)CC2)cc1. The summed E-state index contributed by atoms with van der Waals surface area (Å²) in [5.74, 6) is 0.982. The smallest absolute Gasteiger partial charge is 0.235 e. The van der Waals surface area contributed by atoms with Gasteiger partial charge < -0.3 is 4.90 Å². The van der Waals surface area contributed by atoms with Gasteiger partial charge in [0.05, 0.1) is 5.25 Å². The Kier molecular flexibility index (Phi) is 6.19. The maximum Gasteiger partial charge on any atom is 0.235 e. The van der Waals surface area contributed by atoms with Gasteiger partial charge in [-0.2, -0.15) is 0 Å². The van der Waals surface area contributed by atoms with E-state index in [-0.39, 0.29) is 11.2 Å². The molecular formula is C22H27NOS. The number of carbonyl (C=O) groups is 1. The summed E-state index contributed by atoms with van der Waals surface area (Å²) in [6.45, 7) is 5.91. The van der Waals surface area contributed by atoms with E-state index in [9.17, 15) is 4.79 Å². The van der Waals surface area contributed by atoms with Crippen LogP contribution in [-0.4, -0.2) is 29.1 Å². The number of carbonyl (C=O) groups excluding carboxylic acids is 1. The zero-order chi connectivity index (χ0) is 17.6. The topological polar surface area (TPSA) is 20.3 Å². The molecule has 1 saturated heterocycles. The second-order valence-corrected chi connectivity index (χ2v) is 8.45. The molecule has 0 spiro atoms. The average Bonchev–Trinajstić information content (AvgIpc) is 2.64. The largest absolute Gasteiger partial charge is 0.342 e. The number of piperidine rings is 1. The van der Waals surface area contributed by atoms with E-state index in [1.54, 1.807) is 11.8 Å². The van der Waals surface area contributed by atoms with E-state index in [0.717, 1.165) is 32.4 Å². The number of likely N-dealkylation sites (tertiary alicyclic amines) is 1. The number of nitrogens with zero attached hydrogens (tertiary/aromatic N) is 1. The third-order valence-electron chi connectivity index (χ3n) is 4.98. The summed E-state index contributed by atoms with van der Waals surface area (Å²) in [4.78, 5) is 16.0. The molecular weight excluding hydrogens is 326 g/mol. The zero-order valence-electron chi connectivity index (χ0n) is 15.2. The molecule has 0 saturated carbocycles. The third-order valence-corrected chi connectivity index (χ3v) is 6.07. The van der Waals surface area contributed by atoms with Gasteiger partial charge >= 0.3 is 0 Å². The molecule has 25 heavy (non-hydrogen) atoms. The summed E-state index contributed by atoms with van der Waals surface area (Å²) >= 11 is 1.67. The van der Waals surface area contributed by atoms with Crippen LogP contribution >= 0.6 is 11.8 Å². The quantitative estimate of drug-likeness (QED) is 0.708. The molecule has 1 fully saturated rings. The molecule has 0 bridgehead atoms. The molecule has 1 heterocycles. The number of hydrogen-bond acceptors (Lipinski definition) is 2. The van der Waals surface area contributed by atoms with Crippen LogP contribution in [0.2, 0.25) is 0 Å². The minimum Gasteiger partial charge on any atom is -0.342 e. The zero-order valence-corrected chi connectivity index (χ0v) is 16.0. The maximum absolute atomic E-state index is 12.7. The van der Waals surface area contributed by atoms with Crippen LogP contribution in [0.3, 0.4) is 0 Å². The highest BCUT2D eigenvalue weighted by molar-refractivity contribution is 8.00. The van der Waals surface area contributed by atoms with Crippen molar-refractivity contribution in [1.29, 1.82) is 0 Å². The van der Waals surface area contributed by atoms with Crippen LogP contribution < -0.4 is 0 Å². The molecule has 2 aromatic carbocycles. The summed E-state index contributed by atoms with van der Waals surface area (Å²) < 4.78 is 0. The molecule has 1 aliphatic rings. The first kappa shape index (κ1) is 18.1. The summed E-state index contributed by atoms with van der Waals surface area (Å²) in [6.07, 6.45) is 3.36. The van der Waals surface area contributed by atoms with Gasteiger partial charge in [0.1, 0.15) is 0 Å². The Bertz CT molecular complexity index is 675. The molecule has 2 nitrogen and oxygen atoms in total. The van der Waals surface area contributed by atoms with E-state index in [1.165, 1.54) is 16.0 Å². The lowest BCUT2D eigenvalue weighted by atomic mass is 9.90. The Balaban J connectivity index is 1.48. The molecule has 1 aliphatic heterocycles. The Labute approximate surface area is 155 Å². The first-order chi connectivity index (χ1) is 12.1. The molecule has 0 radical (unpaired) electrons. The van der Waals surface area contributed by atoms with Gasteiger partial charge in [-0.1, -0.05) is 48.0 Å². The first-order valence-corrected chi connectivity index (χ1v) is 10.1. The number of aryl methyl sites for hydroxylation is 1. The molecule has 2 aromatic rings. The normalized spacial score (nSPS) is 16.6. The summed E-state index contributed by atoms with van der Waals surface area (Å²) in [7, 11) is 0. The van der Waals surface area contributed by atoms with Gasteiger partial charge in [-0.15, -0.1) is 11.8 Å². The van der Waals surface area contributed by atoms with Crippen molar-refractivity contribution in [1.82, 2.24) is 4.90 Å². The van der Waals surface area contributed by atoms with Crippen molar-refractivity contribution in [2.45, 2.75) is 43.3 Å². The highest BCUT2D eigenvalue weighted by Crippen LogP contribution is 2.27. The minimum atomic E-state index is -0.0200. The van der Waals surface area contributed by atoms with Crippen molar-refractivity contribution in [3.05, 3.63) is 65.7 Å². The number of rotatable bonds is 5. The van der Waals surface area contributed by atoms with Gasteiger partial charge in [0, 0.05) is 18.0 Å². The van der Waals surface area contributed by atoms with Gasteiger partial charge in [0.2, 0.25) is 5.91 Å². The molecule has 1 amide bonds. The fourth-order valence-electron chi connectivity index (χ4n) is 3.43. The summed E-state index contributed by atoms with van der Waals surface area (Å²) in [5, 5.41) is -0.0200. The van der Waals surface area contributed by atoms with Crippen molar-refractivity contribution >= 4 is 17.7 Å². The molecule has 3 heteroatoms. The van der Waals surface area contributed by atoms with Crippen molar-refractivity contribution in [2.75, 3.05) is 13.1 Å². The molecule has 0 aliphatic carbocycles. The lowest BCUT2D eigenvalue weighted by Crippen LogP contribution is -2.42. The highest BCUT2D eigenvalue weighted by Gasteiger charge is 2.26. The first-order valence-electron chi connectivity index (χ1n) is 9.18. The van der Waals surface area contributed by atoms with Crippen LogP contribution in [0.4, 0.5) is 0 Å². The van der Waals surface area contributed by atoms with E-state index < -0.39 is 0 Å². The number of hydrogen-bond donors (Lipinski definition) is 0. The number of amides is 1. The molecule has 0 aromatic heterocycles. The number of benzene rings is 2. The monoisotopic (exact) mass is 353 g/mol. The predicted octanol–water partition coefficient (Wildman–Crippen LogP) is 4.96. The lowest BCUT2D eigenvalue weighted by Gasteiger charge is -2.33. The van der Waals surface area contributed by atoms with Crippen molar-refractivity contribution in [3.63, 3.8) is 0 Å². The average molecular weight is 354 g/mol. The van der Waals surface area contributed by atoms with Crippen LogP contribution in [0.1, 0.15) is 30.9 Å². The summed E-state index contributed by atoms with van der Waals surface area (Å²) in [6, 6.07) is 19.1. The molecule has 1 atom stereocenters. The fourth-order valence-corrected chi connectivity index (χ4v) is 4.38. The fraction of sp³-hybridized carbons (Fsp3) is 0.409. The standard InChI is InChI=1S/C22H27NOS/c1-17-8-10-21(11-9-17)25-18(2)22(24)23-14-12-20(13-15-23)16-19-6-4-3-5-7-19/h3-11,18,20H,12-16H2,1-2H3/t18-/m1/s1. The van der Waals surface area contributed by atoms with Gasteiger partial charge in [-0.05, 0) is 56.7 Å². The summed E-state index contributed by atoms with van der Waals surface area (Å²) in [5.41, 5.74) is 2.67. The van der Waals surface area contributed by atoms with Gasteiger partial charge in [-0.3, -0.25) is 4.79 Å². The number of thioether (sulfide) groups is 1. The van der Waals surface area contributed by atoms with E-state index in [4.69, 9.17) is 0 Å². The second-order valence-electron chi connectivity index (χ2n) is 7.03. The van der Waals surface area contributed by atoms with Gasteiger partial charge in [-0.25, -0.2) is 0 Å². The van der Waals surface area contributed by atoms with Crippen molar-refractivity contribution in [3.8, 4) is 0 Å². The molecule has 0 N–H and O–H groups in total. The molecule has 132 valence electrons. The lowest BCUT2D eigenvalue weighted by molar-refractivity contribution is -0.131. The Morgan fingerprint density at radius 1 is 1.08 bits per heavy atom. The Morgan fingerprint density at radius 2 is 1.72 bits per heavy atom. The highest BCUT2D eigenvalue weighted by atomic mass is 32.2. The Hall–Kier alpha value is -1.74.